The molecule has 0 spiro atoms. The van der Waals surface area contributed by atoms with Crippen molar-refractivity contribution in [3.63, 3.8) is 0 Å². The summed E-state index contributed by atoms with van der Waals surface area (Å²) in [7, 11) is 0. The van der Waals surface area contributed by atoms with Crippen LogP contribution >= 0.6 is 0 Å². The van der Waals surface area contributed by atoms with E-state index in [-0.39, 0.29) is 0 Å². The number of hydrogen-bond acceptors (Lipinski definition) is 1. The summed E-state index contributed by atoms with van der Waals surface area (Å²) in [6.45, 7) is 5.60. The second-order valence-corrected chi connectivity index (χ2v) is 5.86. The van der Waals surface area contributed by atoms with E-state index in [4.69, 9.17) is 0 Å². The lowest BCUT2D eigenvalue weighted by Crippen LogP contribution is -2.30. The minimum absolute atomic E-state index is 0.734. The van der Waals surface area contributed by atoms with Crippen LogP contribution in [0.4, 0.5) is 0 Å². The molecule has 1 saturated carbocycles. The van der Waals surface area contributed by atoms with E-state index in [0.29, 0.717) is 0 Å². The molecule has 1 fully saturated rings. The number of hydrogen-bond donors (Lipinski definition) is 1. The van der Waals surface area contributed by atoms with Crippen molar-refractivity contribution < 1.29 is 0 Å². The lowest BCUT2D eigenvalue weighted by molar-refractivity contribution is 0.433. The number of nitrogens with one attached hydrogen (secondary N) is 1. The van der Waals surface area contributed by atoms with Crippen LogP contribution in [0.3, 0.4) is 0 Å². The zero-order valence-corrected chi connectivity index (χ0v) is 11.9. The third-order valence-electron chi connectivity index (χ3n) is 3.86. The maximum absolute atomic E-state index is 3.73. The average Bonchev–Trinajstić information content (AvgIpc) is 3.17. The Morgan fingerprint density at radius 3 is 2.83 bits per heavy atom. The minimum atomic E-state index is 0.734. The van der Waals surface area contributed by atoms with Crippen molar-refractivity contribution in [2.45, 2.75) is 58.4 Å². The molecule has 18 heavy (non-hydrogen) atoms. The third kappa shape index (κ3) is 4.81. The van der Waals surface area contributed by atoms with Gasteiger partial charge in [0.15, 0.2) is 0 Å². The molecular weight excluding hydrogens is 218 g/mol. The van der Waals surface area contributed by atoms with Crippen LogP contribution in [0.5, 0.6) is 0 Å². The predicted molar refractivity (Wildman–Crippen MR) is 78.9 cm³/mol. The van der Waals surface area contributed by atoms with Crippen molar-refractivity contribution in [2.75, 3.05) is 6.54 Å². The van der Waals surface area contributed by atoms with Gasteiger partial charge in [0.05, 0.1) is 0 Å². The molecule has 1 nitrogen and oxygen atoms in total. The fraction of sp³-hybridized carbons (Fsp3) is 0.647. The first-order valence-corrected chi connectivity index (χ1v) is 7.57. The summed E-state index contributed by atoms with van der Waals surface area (Å²) in [5, 5.41) is 3.73. The molecule has 1 aromatic rings. The van der Waals surface area contributed by atoms with E-state index in [1.807, 2.05) is 0 Å². The molecular formula is C17H27N. The Hall–Kier alpha value is -0.820. The van der Waals surface area contributed by atoms with Crippen LogP contribution in [-0.2, 0) is 6.42 Å². The van der Waals surface area contributed by atoms with E-state index >= 15 is 0 Å². The number of benzene rings is 1. The Morgan fingerprint density at radius 2 is 2.17 bits per heavy atom. The SMILES string of the molecule is CCCNC(CCc1cccc(C)c1)CC1CC1. The molecule has 2 rings (SSSR count). The van der Waals surface area contributed by atoms with Crippen molar-refractivity contribution in [3.05, 3.63) is 35.4 Å². The van der Waals surface area contributed by atoms with Gasteiger partial charge >= 0.3 is 0 Å². The van der Waals surface area contributed by atoms with Crippen LogP contribution < -0.4 is 5.32 Å². The van der Waals surface area contributed by atoms with Crippen molar-refractivity contribution in [1.29, 1.82) is 0 Å². The molecule has 0 heterocycles. The van der Waals surface area contributed by atoms with Gasteiger partial charge in [0.1, 0.15) is 0 Å². The largest absolute Gasteiger partial charge is 0.314 e. The van der Waals surface area contributed by atoms with Gasteiger partial charge < -0.3 is 5.32 Å². The van der Waals surface area contributed by atoms with Gasteiger partial charge in [-0.3, -0.25) is 0 Å². The van der Waals surface area contributed by atoms with Gasteiger partial charge in [0, 0.05) is 6.04 Å². The van der Waals surface area contributed by atoms with Gasteiger partial charge in [-0.1, -0.05) is 49.6 Å². The summed E-state index contributed by atoms with van der Waals surface area (Å²) in [5.41, 5.74) is 2.88. The summed E-state index contributed by atoms with van der Waals surface area (Å²) >= 11 is 0. The second kappa shape index (κ2) is 6.94. The van der Waals surface area contributed by atoms with E-state index in [1.54, 1.807) is 0 Å². The normalized spacial score (nSPS) is 16.8. The van der Waals surface area contributed by atoms with E-state index in [0.717, 1.165) is 12.0 Å². The summed E-state index contributed by atoms with van der Waals surface area (Å²) in [4.78, 5) is 0. The second-order valence-electron chi connectivity index (χ2n) is 5.86. The highest BCUT2D eigenvalue weighted by Crippen LogP contribution is 2.34. The van der Waals surface area contributed by atoms with Crippen LogP contribution in [0.2, 0.25) is 0 Å². The van der Waals surface area contributed by atoms with Crippen LogP contribution in [0, 0.1) is 12.8 Å². The first-order valence-electron chi connectivity index (χ1n) is 7.57. The van der Waals surface area contributed by atoms with Crippen molar-refractivity contribution in [2.24, 2.45) is 5.92 Å². The topological polar surface area (TPSA) is 12.0 Å². The highest BCUT2D eigenvalue weighted by Gasteiger charge is 2.24. The van der Waals surface area contributed by atoms with E-state index in [1.165, 1.54) is 56.2 Å². The van der Waals surface area contributed by atoms with Crippen LogP contribution in [0.1, 0.15) is 50.2 Å². The Balaban J connectivity index is 1.79. The molecule has 0 amide bonds. The standard InChI is InChI=1S/C17H27N/c1-3-11-18-17(13-16-7-8-16)10-9-15-6-4-5-14(2)12-15/h4-6,12,16-18H,3,7-11,13H2,1-2H3. The molecule has 1 aliphatic rings. The van der Waals surface area contributed by atoms with Gasteiger partial charge in [0.2, 0.25) is 0 Å². The molecule has 0 radical (unpaired) electrons. The van der Waals surface area contributed by atoms with Gasteiger partial charge in [-0.05, 0) is 50.6 Å². The molecule has 1 N–H and O–H groups in total. The smallest absolute Gasteiger partial charge is 0.00728 e. The quantitative estimate of drug-likeness (QED) is 0.727. The molecule has 1 unspecified atom stereocenters. The molecule has 0 bridgehead atoms. The minimum Gasteiger partial charge on any atom is -0.314 e. The third-order valence-corrected chi connectivity index (χ3v) is 3.86. The molecule has 0 aromatic heterocycles. The Labute approximate surface area is 112 Å². The Morgan fingerprint density at radius 1 is 1.33 bits per heavy atom. The highest BCUT2D eigenvalue weighted by atomic mass is 14.9. The number of aryl methyl sites for hydroxylation is 2. The summed E-state index contributed by atoms with van der Waals surface area (Å²) in [6, 6.07) is 9.69. The van der Waals surface area contributed by atoms with Gasteiger partial charge in [-0.25, -0.2) is 0 Å². The van der Waals surface area contributed by atoms with E-state index in [9.17, 15) is 0 Å². The first-order chi connectivity index (χ1) is 8.78. The molecule has 1 aromatic carbocycles. The molecule has 1 heteroatoms. The van der Waals surface area contributed by atoms with Gasteiger partial charge in [-0.15, -0.1) is 0 Å². The van der Waals surface area contributed by atoms with Crippen molar-refractivity contribution in [1.82, 2.24) is 5.32 Å². The van der Waals surface area contributed by atoms with E-state index in [2.05, 4.69) is 43.4 Å². The maximum Gasteiger partial charge on any atom is 0.00728 e. The monoisotopic (exact) mass is 245 g/mol. The maximum atomic E-state index is 3.73. The zero-order valence-electron chi connectivity index (χ0n) is 11.9. The fourth-order valence-corrected chi connectivity index (χ4v) is 2.62. The summed E-state index contributed by atoms with van der Waals surface area (Å²) < 4.78 is 0. The van der Waals surface area contributed by atoms with Crippen molar-refractivity contribution in [3.8, 4) is 0 Å². The molecule has 100 valence electrons. The fourth-order valence-electron chi connectivity index (χ4n) is 2.62. The lowest BCUT2D eigenvalue weighted by Gasteiger charge is -2.18. The number of rotatable bonds is 8. The van der Waals surface area contributed by atoms with Crippen molar-refractivity contribution >= 4 is 0 Å². The lowest BCUT2D eigenvalue weighted by atomic mass is 10.00. The summed E-state index contributed by atoms with van der Waals surface area (Å²) in [6.07, 6.45) is 8.08. The van der Waals surface area contributed by atoms with E-state index < -0.39 is 0 Å². The van der Waals surface area contributed by atoms with Crippen LogP contribution in [-0.4, -0.2) is 12.6 Å². The molecule has 0 saturated heterocycles. The average molecular weight is 245 g/mol. The van der Waals surface area contributed by atoms with Gasteiger partial charge in [0.25, 0.3) is 0 Å². The zero-order chi connectivity index (χ0) is 12.8. The molecule has 0 aliphatic heterocycles. The van der Waals surface area contributed by atoms with Gasteiger partial charge in [-0.2, -0.15) is 0 Å². The molecule has 1 atom stereocenters. The van der Waals surface area contributed by atoms with Crippen LogP contribution in [0.25, 0.3) is 0 Å². The molecule has 1 aliphatic carbocycles. The van der Waals surface area contributed by atoms with Crippen LogP contribution in [0.15, 0.2) is 24.3 Å². The first kappa shape index (κ1) is 13.6. The Bertz CT molecular complexity index is 354. The highest BCUT2D eigenvalue weighted by molar-refractivity contribution is 5.22. The predicted octanol–water partition coefficient (Wildman–Crippen LogP) is 4.10. The summed E-state index contributed by atoms with van der Waals surface area (Å²) in [5.74, 6) is 1.02. The Kier molecular flexibility index (Phi) is 5.25.